The summed E-state index contributed by atoms with van der Waals surface area (Å²) in [7, 11) is 1.66. The molecule has 78 valence electrons. The monoisotopic (exact) mass is 302 g/mol. The van der Waals surface area contributed by atoms with E-state index in [4.69, 9.17) is 4.74 Å². The summed E-state index contributed by atoms with van der Waals surface area (Å²) in [6, 6.07) is 7.84. The highest BCUT2D eigenvalue weighted by Crippen LogP contribution is 2.36. The van der Waals surface area contributed by atoms with Gasteiger partial charge in [0.05, 0.1) is 12.0 Å². The van der Waals surface area contributed by atoms with Gasteiger partial charge in [0.25, 0.3) is 0 Å². The van der Waals surface area contributed by atoms with Crippen LogP contribution in [0.2, 0.25) is 0 Å². The Labute approximate surface area is 104 Å². The van der Waals surface area contributed by atoms with Crippen molar-refractivity contribution in [3.63, 3.8) is 0 Å². The van der Waals surface area contributed by atoms with Gasteiger partial charge in [-0.3, -0.25) is 0 Å². The highest BCUT2D eigenvalue weighted by atomic mass is 79.9. The van der Waals surface area contributed by atoms with E-state index in [1.807, 2.05) is 24.3 Å². The average Bonchev–Trinajstić information content (AvgIpc) is 2.65. The van der Waals surface area contributed by atoms with E-state index in [-0.39, 0.29) is 0 Å². The predicted octanol–water partition coefficient (Wildman–Crippen LogP) is 3.46. The maximum atomic E-state index is 5.25. The van der Waals surface area contributed by atoms with Crippen molar-refractivity contribution in [2.24, 2.45) is 0 Å². The normalized spacial score (nSPS) is 10.3. The molecule has 0 saturated heterocycles. The van der Waals surface area contributed by atoms with E-state index in [1.54, 1.807) is 18.9 Å². The quantitative estimate of drug-likeness (QED) is 0.870. The lowest BCUT2D eigenvalue weighted by Crippen LogP contribution is -1.84. The number of methoxy groups -OCH3 is 1. The summed E-state index contributed by atoms with van der Waals surface area (Å²) in [5, 5.41) is 7.91. The smallest absolute Gasteiger partial charge is 0.184 e. The van der Waals surface area contributed by atoms with Crippen LogP contribution >= 0.6 is 39.0 Å². The maximum Gasteiger partial charge on any atom is 0.184 e. The standard InChI is InChI=1S/C9H7BrN2OS2/c1-13-6-4-2-3-5-7(6)14-9-12-11-8(10)15-9/h2-5H,1H3. The van der Waals surface area contributed by atoms with Gasteiger partial charge in [0.1, 0.15) is 5.75 Å². The molecule has 1 heterocycles. The largest absolute Gasteiger partial charge is 0.496 e. The fourth-order valence-electron chi connectivity index (χ4n) is 1.03. The third-order valence-corrected chi connectivity index (χ3v) is 4.11. The zero-order chi connectivity index (χ0) is 10.7. The van der Waals surface area contributed by atoms with Crippen LogP contribution in [0, 0.1) is 0 Å². The number of halogens is 1. The minimum atomic E-state index is 0.792. The molecule has 0 atom stereocenters. The third-order valence-electron chi connectivity index (χ3n) is 1.65. The second kappa shape index (κ2) is 4.96. The zero-order valence-corrected chi connectivity index (χ0v) is 11.0. The van der Waals surface area contributed by atoms with Gasteiger partial charge in [0.15, 0.2) is 8.26 Å². The molecule has 0 saturated carbocycles. The van der Waals surface area contributed by atoms with Crippen LogP contribution in [-0.4, -0.2) is 17.3 Å². The van der Waals surface area contributed by atoms with E-state index < -0.39 is 0 Å². The molecule has 0 spiro atoms. The number of ether oxygens (including phenoxy) is 1. The zero-order valence-electron chi connectivity index (χ0n) is 7.81. The molecule has 15 heavy (non-hydrogen) atoms. The number of nitrogens with zero attached hydrogens (tertiary/aromatic N) is 2. The van der Waals surface area contributed by atoms with E-state index in [1.165, 1.54) is 11.3 Å². The average molecular weight is 303 g/mol. The van der Waals surface area contributed by atoms with Crippen LogP contribution < -0.4 is 4.74 Å². The van der Waals surface area contributed by atoms with Crippen molar-refractivity contribution in [2.45, 2.75) is 9.24 Å². The first-order valence-corrected chi connectivity index (χ1v) is 6.52. The van der Waals surface area contributed by atoms with Crippen LogP contribution in [0.1, 0.15) is 0 Å². The number of benzene rings is 1. The van der Waals surface area contributed by atoms with Crippen molar-refractivity contribution >= 4 is 39.0 Å². The first kappa shape index (κ1) is 10.9. The highest BCUT2D eigenvalue weighted by molar-refractivity contribution is 9.11. The molecule has 3 nitrogen and oxygen atoms in total. The molecule has 0 aliphatic rings. The Morgan fingerprint density at radius 2 is 2.13 bits per heavy atom. The molecule has 0 aliphatic carbocycles. The summed E-state index contributed by atoms with van der Waals surface area (Å²) in [5.41, 5.74) is 0. The molecular weight excluding hydrogens is 296 g/mol. The van der Waals surface area contributed by atoms with Gasteiger partial charge in [0, 0.05) is 0 Å². The summed E-state index contributed by atoms with van der Waals surface area (Å²) < 4.78 is 6.93. The molecule has 0 N–H and O–H groups in total. The van der Waals surface area contributed by atoms with Crippen LogP contribution in [0.25, 0.3) is 0 Å². The predicted molar refractivity (Wildman–Crippen MR) is 64.7 cm³/mol. The number of rotatable bonds is 3. The Kier molecular flexibility index (Phi) is 3.61. The van der Waals surface area contributed by atoms with Gasteiger partial charge in [0.2, 0.25) is 0 Å². The highest BCUT2D eigenvalue weighted by Gasteiger charge is 2.07. The van der Waals surface area contributed by atoms with Gasteiger partial charge in [-0.25, -0.2) is 0 Å². The minimum Gasteiger partial charge on any atom is -0.496 e. The van der Waals surface area contributed by atoms with Crippen molar-refractivity contribution in [2.75, 3.05) is 7.11 Å². The molecule has 0 aliphatic heterocycles. The molecule has 0 fully saturated rings. The van der Waals surface area contributed by atoms with Crippen LogP contribution in [0.15, 0.2) is 37.4 Å². The summed E-state index contributed by atoms with van der Waals surface area (Å²) in [5.74, 6) is 0.855. The van der Waals surface area contributed by atoms with E-state index >= 15 is 0 Å². The fraction of sp³-hybridized carbons (Fsp3) is 0.111. The van der Waals surface area contributed by atoms with Crippen molar-refractivity contribution in [1.29, 1.82) is 0 Å². The van der Waals surface area contributed by atoms with Crippen molar-refractivity contribution in [3.8, 4) is 5.75 Å². The van der Waals surface area contributed by atoms with Crippen LogP contribution in [0.4, 0.5) is 0 Å². The molecule has 0 unspecified atom stereocenters. The maximum absolute atomic E-state index is 5.25. The summed E-state index contributed by atoms with van der Waals surface area (Å²) >= 11 is 6.33. The van der Waals surface area contributed by atoms with Crippen molar-refractivity contribution < 1.29 is 4.74 Å². The van der Waals surface area contributed by atoms with Gasteiger partial charge >= 0.3 is 0 Å². The lowest BCUT2D eigenvalue weighted by atomic mass is 10.3. The molecule has 2 rings (SSSR count). The molecule has 1 aromatic carbocycles. The molecule has 1 aromatic heterocycles. The molecule has 2 aromatic rings. The SMILES string of the molecule is COc1ccccc1Sc1nnc(Br)s1. The number of hydrogen-bond donors (Lipinski definition) is 0. The summed E-state index contributed by atoms with van der Waals surface area (Å²) in [4.78, 5) is 1.05. The Bertz CT molecular complexity index is 461. The van der Waals surface area contributed by atoms with Crippen molar-refractivity contribution in [1.82, 2.24) is 10.2 Å². The van der Waals surface area contributed by atoms with Gasteiger partial charge in [-0.1, -0.05) is 35.2 Å². The molecule has 6 heteroatoms. The molecular formula is C9H7BrN2OS2. The van der Waals surface area contributed by atoms with Crippen molar-refractivity contribution in [3.05, 3.63) is 28.2 Å². The Morgan fingerprint density at radius 1 is 1.33 bits per heavy atom. The topological polar surface area (TPSA) is 35.0 Å². The van der Waals surface area contributed by atoms with E-state index in [2.05, 4.69) is 26.1 Å². The minimum absolute atomic E-state index is 0.792. The summed E-state index contributed by atoms with van der Waals surface area (Å²) in [6.45, 7) is 0. The Balaban J connectivity index is 2.23. The van der Waals surface area contributed by atoms with Gasteiger partial charge < -0.3 is 4.74 Å². The first-order valence-electron chi connectivity index (χ1n) is 4.09. The van der Waals surface area contributed by atoms with Crippen LogP contribution in [-0.2, 0) is 0 Å². The third kappa shape index (κ3) is 2.70. The Morgan fingerprint density at radius 3 is 2.80 bits per heavy atom. The van der Waals surface area contributed by atoms with E-state index in [9.17, 15) is 0 Å². The number of aromatic nitrogens is 2. The van der Waals surface area contributed by atoms with Gasteiger partial charge in [-0.05, 0) is 28.1 Å². The molecule has 0 amide bonds. The summed E-state index contributed by atoms with van der Waals surface area (Å²) in [6.07, 6.45) is 0. The lowest BCUT2D eigenvalue weighted by Gasteiger charge is -2.04. The van der Waals surface area contributed by atoms with Crippen LogP contribution in [0.3, 0.4) is 0 Å². The van der Waals surface area contributed by atoms with Gasteiger partial charge in [-0.2, -0.15) is 0 Å². The van der Waals surface area contributed by atoms with E-state index in [0.717, 1.165) is 18.9 Å². The Hall–Kier alpha value is -0.590. The fourth-order valence-corrected chi connectivity index (χ4v) is 3.54. The second-order valence-electron chi connectivity index (χ2n) is 2.57. The lowest BCUT2D eigenvalue weighted by molar-refractivity contribution is 0.405. The molecule has 0 radical (unpaired) electrons. The number of para-hydroxylation sites is 1. The number of hydrogen-bond acceptors (Lipinski definition) is 5. The van der Waals surface area contributed by atoms with Crippen LogP contribution in [0.5, 0.6) is 5.75 Å². The second-order valence-corrected chi connectivity index (χ2v) is 6.12. The van der Waals surface area contributed by atoms with Gasteiger partial charge in [-0.15, -0.1) is 10.2 Å². The van der Waals surface area contributed by atoms with E-state index in [0.29, 0.717) is 0 Å². The first-order chi connectivity index (χ1) is 7.29. The molecule has 0 bridgehead atoms.